The fourth-order valence-corrected chi connectivity index (χ4v) is 3.10. The van der Waals surface area contributed by atoms with Crippen molar-refractivity contribution in [2.45, 2.75) is 38.3 Å². The molecule has 1 aromatic carbocycles. The van der Waals surface area contributed by atoms with Crippen LogP contribution in [0.4, 0.5) is 0 Å². The number of para-hydroxylation sites is 2. The first-order valence-corrected chi connectivity index (χ1v) is 8.90. The van der Waals surface area contributed by atoms with E-state index >= 15 is 0 Å². The molecule has 0 spiro atoms. The van der Waals surface area contributed by atoms with Crippen molar-refractivity contribution in [1.29, 1.82) is 0 Å². The predicted molar refractivity (Wildman–Crippen MR) is 97.9 cm³/mol. The Balaban J connectivity index is 1.65. The number of pyridine rings is 1. The molecule has 1 aromatic heterocycles. The van der Waals surface area contributed by atoms with Gasteiger partial charge in [-0.25, -0.2) is 4.98 Å². The minimum atomic E-state index is -0.154. The number of benzene rings is 1. The van der Waals surface area contributed by atoms with Crippen LogP contribution in [0.3, 0.4) is 0 Å². The number of carbonyl (C=O) groups is 1. The van der Waals surface area contributed by atoms with Crippen LogP contribution in [-0.4, -0.2) is 36.8 Å². The van der Waals surface area contributed by atoms with Gasteiger partial charge in [-0.2, -0.15) is 0 Å². The van der Waals surface area contributed by atoms with E-state index in [0.29, 0.717) is 23.8 Å². The smallest absolute Gasteiger partial charge is 0.253 e. The highest BCUT2D eigenvalue weighted by molar-refractivity contribution is 5.94. The summed E-state index contributed by atoms with van der Waals surface area (Å²) in [7, 11) is 1.54. The molecule has 0 saturated heterocycles. The van der Waals surface area contributed by atoms with Gasteiger partial charge in [0.2, 0.25) is 5.88 Å². The summed E-state index contributed by atoms with van der Waals surface area (Å²) >= 11 is 0. The molecular weight excluding hydrogens is 332 g/mol. The summed E-state index contributed by atoms with van der Waals surface area (Å²) in [6.45, 7) is 2.52. The number of hydrogen-bond acceptors (Lipinski definition) is 5. The summed E-state index contributed by atoms with van der Waals surface area (Å²) in [5, 5.41) is 3.07. The summed E-state index contributed by atoms with van der Waals surface area (Å²) in [4.78, 5) is 16.6. The number of nitrogens with zero attached hydrogens (tertiary/aromatic N) is 1. The van der Waals surface area contributed by atoms with E-state index in [-0.39, 0.29) is 18.1 Å². The second kappa shape index (κ2) is 8.56. The van der Waals surface area contributed by atoms with Crippen LogP contribution < -0.4 is 19.5 Å². The molecule has 1 heterocycles. The Morgan fingerprint density at radius 2 is 2.00 bits per heavy atom. The fraction of sp³-hybridized carbons (Fsp3) is 0.400. The molecule has 138 valence electrons. The maximum Gasteiger partial charge on any atom is 0.253 e. The van der Waals surface area contributed by atoms with Crippen molar-refractivity contribution in [3.05, 3.63) is 48.2 Å². The highest BCUT2D eigenvalue weighted by atomic mass is 16.5. The zero-order chi connectivity index (χ0) is 18.4. The van der Waals surface area contributed by atoms with Crippen molar-refractivity contribution in [3.8, 4) is 17.4 Å². The van der Waals surface area contributed by atoms with Crippen molar-refractivity contribution in [1.82, 2.24) is 10.3 Å². The van der Waals surface area contributed by atoms with E-state index < -0.39 is 0 Å². The van der Waals surface area contributed by atoms with Crippen LogP contribution in [0, 0.1) is 0 Å². The third-order valence-corrected chi connectivity index (χ3v) is 4.40. The molecule has 3 rings (SSSR count). The second-order valence-corrected chi connectivity index (χ2v) is 6.14. The van der Waals surface area contributed by atoms with Crippen molar-refractivity contribution in [2.75, 3.05) is 13.7 Å². The van der Waals surface area contributed by atoms with Gasteiger partial charge in [0.25, 0.3) is 5.91 Å². The second-order valence-electron chi connectivity index (χ2n) is 6.14. The molecule has 2 atom stereocenters. The lowest BCUT2D eigenvalue weighted by Crippen LogP contribution is -2.42. The first kappa shape index (κ1) is 18.0. The minimum absolute atomic E-state index is 0.0423. The molecule has 1 aliphatic carbocycles. The SMILES string of the molecule is CCOc1ccccc1O[C@H]1CCC[C@@H]1NC(=O)c1ccc(OC)nc1. The summed E-state index contributed by atoms with van der Waals surface area (Å²) in [6.07, 6.45) is 4.23. The van der Waals surface area contributed by atoms with Crippen molar-refractivity contribution >= 4 is 5.91 Å². The Kier molecular flexibility index (Phi) is 5.94. The molecular formula is C20H24N2O4. The molecule has 1 amide bonds. The van der Waals surface area contributed by atoms with Gasteiger partial charge >= 0.3 is 0 Å². The van der Waals surface area contributed by atoms with Crippen LogP contribution in [-0.2, 0) is 0 Å². The number of aromatic nitrogens is 1. The van der Waals surface area contributed by atoms with Gasteiger partial charge in [-0.3, -0.25) is 4.79 Å². The predicted octanol–water partition coefficient (Wildman–Crippen LogP) is 3.22. The Labute approximate surface area is 153 Å². The third kappa shape index (κ3) is 4.25. The Morgan fingerprint density at radius 1 is 1.19 bits per heavy atom. The van der Waals surface area contributed by atoms with E-state index in [1.807, 2.05) is 31.2 Å². The highest BCUT2D eigenvalue weighted by Gasteiger charge is 2.31. The molecule has 6 nitrogen and oxygen atoms in total. The van der Waals surface area contributed by atoms with E-state index in [2.05, 4.69) is 10.3 Å². The maximum atomic E-state index is 12.5. The molecule has 0 unspecified atom stereocenters. The average molecular weight is 356 g/mol. The third-order valence-electron chi connectivity index (χ3n) is 4.40. The zero-order valence-corrected chi connectivity index (χ0v) is 15.1. The summed E-state index contributed by atoms with van der Waals surface area (Å²) in [6, 6.07) is 11.0. The number of amides is 1. The number of rotatable bonds is 7. The minimum Gasteiger partial charge on any atom is -0.490 e. The van der Waals surface area contributed by atoms with Gasteiger partial charge in [-0.05, 0) is 44.4 Å². The molecule has 2 aromatic rings. The van der Waals surface area contributed by atoms with E-state index in [4.69, 9.17) is 14.2 Å². The van der Waals surface area contributed by atoms with Crippen LogP contribution >= 0.6 is 0 Å². The van der Waals surface area contributed by atoms with Gasteiger partial charge in [0.1, 0.15) is 6.10 Å². The number of hydrogen-bond donors (Lipinski definition) is 1. The number of ether oxygens (including phenoxy) is 3. The molecule has 1 N–H and O–H groups in total. The zero-order valence-electron chi connectivity index (χ0n) is 15.1. The van der Waals surface area contributed by atoms with Gasteiger partial charge < -0.3 is 19.5 Å². The Hall–Kier alpha value is -2.76. The van der Waals surface area contributed by atoms with Crippen LogP contribution in [0.2, 0.25) is 0 Å². The Bertz CT molecular complexity index is 733. The van der Waals surface area contributed by atoms with Gasteiger partial charge in [0, 0.05) is 12.3 Å². The summed E-state index contributed by atoms with van der Waals surface area (Å²) < 4.78 is 16.8. The van der Waals surface area contributed by atoms with E-state index in [1.54, 1.807) is 19.2 Å². The van der Waals surface area contributed by atoms with Gasteiger partial charge in [0.05, 0.1) is 25.3 Å². The standard InChI is InChI=1S/C20H24N2O4/c1-3-25-17-8-4-5-9-18(17)26-16-10-6-7-15(16)22-20(23)14-11-12-19(24-2)21-13-14/h4-5,8-9,11-13,15-16H,3,6-7,10H2,1-2H3,(H,22,23)/t15-,16-/m0/s1. The monoisotopic (exact) mass is 356 g/mol. The molecule has 1 saturated carbocycles. The summed E-state index contributed by atoms with van der Waals surface area (Å²) in [5.41, 5.74) is 0.506. The van der Waals surface area contributed by atoms with Crippen LogP contribution in [0.15, 0.2) is 42.6 Å². The largest absolute Gasteiger partial charge is 0.490 e. The molecule has 0 radical (unpaired) electrons. The average Bonchev–Trinajstić information content (AvgIpc) is 3.10. The normalized spacial score (nSPS) is 19.0. The van der Waals surface area contributed by atoms with E-state index in [0.717, 1.165) is 25.0 Å². The summed E-state index contributed by atoms with van der Waals surface area (Å²) in [5.74, 6) is 1.77. The van der Waals surface area contributed by atoms with Crippen LogP contribution in [0.25, 0.3) is 0 Å². The van der Waals surface area contributed by atoms with E-state index in [9.17, 15) is 4.79 Å². The lowest BCUT2D eigenvalue weighted by atomic mass is 10.2. The van der Waals surface area contributed by atoms with Gasteiger partial charge in [-0.1, -0.05) is 12.1 Å². The number of nitrogens with one attached hydrogen (secondary N) is 1. The fourth-order valence-electron chi connectivity index (χ4n) is 3.10. The molecule has 0 aliphatic heterocycles. The molecule has 6 heteroatoms. The first-order chi connectivity index (χ1) is 12.7. The molecule has 1 fully saturated rings. The maximum absolute atomic E-state index is 12.5. The lowest BCUT2D eigenvalue weighted by molar-refractivity contribution is 0.0891. The van der Waals surface area contributed by atoms with Crippen LogP contribution in [0.1, 0.15) is 36.5 Å². The van der Waals surface area contributed by atoms with Crippen LogP contribution in [0.5, 0.6) is 17.4 Å². The quantitative estimate of drug-likeness (QED) is 0.825. The molecule has 1 aliphatic rings. The first-order valence-electron chi connectivity index (χ1n) is 8.90. The van der Waals surface area contributed by atoms with Crippen molar-refractivity contribution < 1.29 is 19.0 Å². The van der Waals surface area contributed by atoms with Crippen molar-refractivity contribution in [2.24, 2.45) is 0 Å². The van der Waals surface area contributed by atoms with Crippen molar-refractivity contribution in [3.63, 3.8) is 0 Å². The topological polar surface area (TPSA) is 69.7 Å². The molecule has 26 heavy (non-hydrogen) atoms. The highest BCUT2D eigenvalue weighted by Crippen LogP contribution is 2.31. The van der Waals surface area contributed by atoms with E-state index in [1.165, 1.54) is 6.20 Å². The lowest BCUT2D eigenvalue weighted by Gasteiger charge is -2.23. The molecule has 0 bridgehead atoms. The van der Waals surface area contributed by atoms with Gasteiger partial charge in [-0.15, -0.1) is 0 Å². The Morgan fingerprint density at radius 3 is 2.69 bits per heavy atom. The van der Waals surface area contributed by atoms with Gasteiger partial charge in [0.15, 0.2) is 11.5 Å². The number of methoxy groups -OCH3 is 1. The number of carbonyl (C=O) groups excluding carboxylic acids is 1.